The van der Waals surface area contributed by atoms with E-state index in [0.717, 1.165) is 36.5 Å². The fraction of sp³-hybridized carbons (Fsp3) is 0.450. The number of aromatic nitrogens is 2. The van der Waals surface area contributed by atoms with Crippen molar-refractivity contribution in [2.75, 3.05) is 6.54 Å². The van der Waals surface area contributed by atoms with Gasteiger partial charge in [-0.15, -0.1) is 0 Å². The molecule has 4 rings (SSSR count). The zero-order valence-corrected chi connectivity index (χ0v) is 16.0. The van der Waals surface area contributed by atoms with E-state index < -0.39 is 0 Å². The molecule has 1 aliphatic heterocycles. The van der Waals surface area contributed by atoms with Crippen LogP contribution in [0.2, 0.25) is 0 Å². The van der Waals surface area contributed by atoms with Crippen LogP contribution in [0.3, 0.4) is 0 Å². The summed E-state index contributed by atoms with van der Waals surface area (Å²) in [6.45, 7) is 8.68. The minimum atomic E-state index is -0.131. The second kappa shape index (κ2) is 6.81. The van der Waals surface area contributed by atoms with E-state index in [4.69, 9.17) is 8.94 Å². The van der Waals surface area contributed by atoms with Crippen molar-refractivity contribution >= 4 is 17.0 Å². The molecule has 0 radical (unpaired) electrons. The molecule has 3 aromatic heterocycles. The lowest BCUT2D eigenvalue weighted by Crippen LogP contribution is -2.51. The van der Waals surface area contributed by atoms with Crippen LogP contribution in [0, 0.1) is 20.8 Å². The van der Waals surface area contributed by atoms with E-state index in [0.29, 0.717) is 28.1 Å². The van der Waals surface area contributed by atoms with Crippen molar-refractivity contribution in [3.05, 3.63) is 34.9 Å². The summed E-state index contributed by atoms with van der Waals surface area (Å²) >= 11 is 0. The first kappa shape index (κ1) is 17.7. The smallest absolute Gasteiger partial charge is 0.259 e. The topological polar surface area (TPSA) is 93.2 Å². The highest BCUT2D eigenvalue weighted by atomic mass is 16.5. The van der Waals surface area contributed by atoms with Gasteiger partial charge in [-0.3, -0.25) is 4.79 Å². The summed E-state index contributed by atoms with van der Waals surface area (Å²) < 4.78 is 11.0. The molecule has 0 aromatic carbocycles. The summed E-state index contributed by atoms with van der Waals surface area (Å²) in [4.78, 5) is 17.7. The highest BCUT2D eigenvalue weighted by Crippen LogP contribution is 2.30. The molecule has 2 atom stereocenters. The van der Waals surface area contributed by atoms with Gasteiger partial charge in [-0.25, -0.2) is 4.98 Å². The third-order valence-electron chi connectivity index (χ3n) is 5.26. The SMILES string of the molecule is Cc1cc(-c2cc(C(=O)NC3CCCNC3C)c3c(C)noc3n2)c(C)o1. The average Bonchev–Trinajstić information content (AvgIpc) is 3.18. The Bertz CT molecular complexity index is 1000. The molecule has 2 N–H and O–H groups in total. The number of carbonyl (C=O) groups excluding carboxylic acids is 1. The minimum Gasteiger partial charge on any atom is -0.466 e. The molecule has 27 heavy (non-hydrogen) atoms. The molecule has 1 aliphatic rings. The molecule has 2 unspecified atom stereocenters. The van der Waals surface area contributed by atoms with Gasteiger partial charge in [-0.05, 0) is 59.2 Å². The molecular formula is C20H24N4O3. The van der Waals surface area contributed by atoms with E-state index in [1.807, 2.05) is 26.8 Å². The number of amides is 1. The number of hydrogen-bond acceptors (Lipinski definition) is 6. The van der Waals surface area contributed by atoms with Gasteiger partial charge in [0.1, 0.15) is 11.5 Å². The van der Waals surface area contributed by atoms with Crippen LogP contribution in [0.1, 0.15) is 47.3 Å². The molecule has 1 amide bonds. The second-order valence-electron chi connectivity index (χ2n) is 7.30. The van der Waals surface area contributed by atoms with Crippen molar-refractivity contribution in [3.63, 3.8) is 0 Å². The monoisotopic (exact) mass is 368 g/mol. The van der Waals surface area contributed by atoms with Crippen LogP contribution in [0.25, 0.3) is 22.4 Å². The maximum Gasteiger partial charge on any atom is 0.259 e. The largest absolute Gasteiger partial charge is 0.466 e. The lowest BCUT2D eigenvalue weighted by molar-refractivity contribution is 0.0921. The first-order chi connectivity index (χ1) is 12.9. The first-order valence-corrected chi connectivity index (χ1v) is 9.32. The summed E-state index contributed by atoms with van der Waals surface area (Å²) in [7, 11) is 0. The number of pyridine rings is 1. The standard InChI is InChI=1S/C20H24N4O3/c1-10-8-14(13(4)26-10)17-9-15(18-12(3)24-27-20(18)23-17)19(25)22-16-6-5-7-21-11(16)2/h8-9,11,16,21H,5-7H2,1-4H3,(H,22,25). The maximum absolute atomic E-state index is 13.1. The van der Waals surface area contributed by atoms with Gasteiger partial charge < -0.3 is 19.6 Å². The predicted molar refractivity (Wildman–Crippen MR) is 102 cm³/mol. The lowest BCUT2D eigenvalue weighted by Gasteiger charge is -2.30. The van der Waals surface area contributed by atoms with Crippen LogP contribution in [0.4, 0.5) is 0 Å². The Morgan fingerprint density at radius 3 is 2.81 bits per heavy atom. The molecule has 0 bridgehead atoms. The third kappa shape index (κ3) is 3.23. The number of nitrogens with zero attached hydrogens (tertiary/aromatic N) is 2. The molecule has 0 spiro atoms. The number of carbonyl (C=O) groups is 1. The Kier molecular flexibility index (Phi) is 4.47. The van der Waals surface area contributed by atoms with E-state index >= 15 is 0 Å². The fourth-order valence-electron chi connectivity index (χ4n) is 3.78. The fourth-order valence-corrected chi connectivity index (χ4v) is 3.78. The van der Waals surface area contributed by atoms with E-state index in [-0.39, 0.29) is 18.0 Å². The van der Waals surface area contributed by atoms with Gasteiger partial charge in [0.2, 0.25) is 0 Å². The number of furan rings is 1. The molecule has 3 aromatic rings. The van der Waals surface area contributed by atoms with Crippen molar-refractivity contribution in [3.8, 4) is 11.3 Å². The van der Waals surface area contributed by atoms with Crippen molar-refractivity contribution in [2.24, 2.45) is 0 Å². The molecule has 1 saturated heterocycles. The van der Waals surface area contributed by atoms with E-state index in [9.17, 15) is 4.79 Å². The second-order valence-corrected chi connectivity index (χ2v) is 7.30. The summed E-state index contributed by atoms with van der Waals surface area (Å²) in [5.74, 6) is 1.42. The van der Waals surface area contributed by atoms with Gasteiger partial charge in [-0.1, -0.05) is 5.16 Å². The van der Waals surface area contributed by atoms with Crippen molar-refractivity contribution in [2.45, 2.75) is 52.6 Å². The van der Waals surface area contributed by atoms with E-state index in [1.165, 1.54) is 0 Å². The van der Waals surface area contributed by atoms with Crippen molar-refractivity contribution < 1.29 is 13.7 Å². The van der Waals surface area contributed by atoms with Crippen LogP contribution in [-0.4, -0.2) is 34.7 Å². The van der Waals surface area contributed by atoms with Gasteiger partial charge in [0.05, 0.1) is 22.3 Å². The first-order valence-electron chi connectivity index (χ1n) is 9.32. The molecular weight excluding hydrogens is 344 g/mol. The Hall–Kier alpha value is -2.67. The molecule has 4 heterocycles. The van der Waals surface area contributed by atoms with Gasteiger partial charge in [-0.2, -0.15) is 0 Å². The summed E-state index contributed by atoms with van der Waals surface area (Å²) in [6.07, 6.45) is 2.01. The lowest BCUT2D eigenvalue weighted by atomic mass is 9.98. The number of aryl methyl sites for hydroxylation is 3. The number of hydrogen-bond donors (Lipinski definition) is 2. The zero-order chi connectivity index (χ0) is 19.1. The molecule has 0 saturated carbocycles. The molecule has 7 heteroatoms. The summed E-state index contributed by atoms with van der Waals surface area (Å²) in [5, 5.41) is 11.2. The van der Waals surface area contributed by atoms with Crippen LogP contribution in [0.15, 0.2) is 21.1 Å². The van der Waals surface area contributed by atoms with Crippen molar-refractivity contribution in [1.29, 1.82) is 0 Å². The van der Waals surface area contributed by atoms with Crippen LogP contribution in [0.5, 0.6) is 0 Å². The van der Waals surface area contributed by atoms with Gasteiger partial charge in [0.15, 0.2) is 0 Å². The number of piperidine rings is 1. The molecule has 7 nitrogen and oxygen atoms in total. The molecule has 0 aliphatic carbocycles. The highest BCUT2D eigenvalue weighted by molar-refractivity contribution is 6.07. The van der Waals surface area contributed by atoms with Gasteiger partial charge in [0, 0.05) is 17.6 Å². The van der Waals surface area contributed by atoms with Crippen LogP contribution >= 0.6 is 0 Å². The number of nitrogens with one attached hydrogen (secondary N) is 2. The zero-order valence-electron chi connectivity index (χ0n) is 16.0. The quantitative estimate of drug-likeness (QED) is 0.737. The predicted octanol–water partition coefficient (Wildman–Crippen LogP) is 3.28. The van der Waals surface area contributed by atoms with Crippen LogP contribution in [-0.2, 0) is 0 Å². The molecule has 1 fully saturated rings. The van der Waals surface area contributed by atoms with Gasteiger partial charge in [0.25, 0.3) is 11.6 Å². The molecule has 142 valence electrons. The Balaban J connectivity index is 1.77. The van der Waals surface area contributed by atoms with Crippen molar-refractivity contribution in [1.82, 2.24) is 20.8 Å². The Morgan fingerprint density at radius 1 is 1.30 bits per heavy atom. The van der Waals surface area contributed by atoms with E-state index in [1.54, 1.807) is 6.07 Å². The van der Waals surface area contributed by atoms with E-state index in [2.05, 4.69) is 27.7 Å². The minimum absolute atomic E-state index is 0.0935. The number of rotatable bonds is 3. The Labute approximate surface area is 157 Å². The Morgan fingerprint density at radius 2 is 2.11 bits per heavy atom. The van der Waals surface area contributed by atoms with Gasteiger partial charge >= 0.3 is 0 Å². The highest BCUT2D eigenvalue weighted by Gasteiger charge is 2.26. The maximum atomic E-state index is 13.1. The average molecular weight is 368 g/mol. The summed E-state index contributed by atoms with van der Waals surface area (Å²) in [5.41, 5.74) is 3.05. The number of fused-ring (bicyclic) bond motifs is 1. The van der Waals surface area contributed by atoms with Crippen LogP contribution < -0.4 is 10.6 Å². The third-order valence-corrected chi connectivity index (χ3v) is 5.26. The normalized spacial score (nSPS) is 20.1. The summed E-state index contributed by atoms with van der Waals surface area (Å²) in [6, 6.07) is 4.06.